The maximum atomic E-state index is 5.87. The molecule has 88 valence electrons. The minimum Gasteiger partial charge on any atom is -0.487 e. The fourth-order valence-corrected chi connectivity index (χ4v) is 2.99. The molecule has 0 saturated heterocycles. The molecule has 2 heteroatoms. The molecule has 0 fully saturated rings. The van der Waals surface area contributed by atoms with Gasteiger partial charge in [-0.1, -0.05) is 41.4 Å². The molecule has 0 amide bonds. The minimum absolute atomic E-state index is 0.0342. The van der Waals surface area contributed by atoms with Gasteiger partial charge >= 0.3 is 0 Å². The standard InChI is InChI=1S/C14H19BrO/c1-4-5-12(15)10-6-7-13-11(8-10)9-14(2,3)16-13/h6-8,12H,4-5,9H2,1-3H3. The third-order valence-electron chi connectivity index (χ3n) is 2.99. The first kappa shape index (κ1) is 12.0. The highest BCUT2D eigenvalue weighted by molar-refractivity contribution is 9.09. The largest absolute Gasteiger partial charge is 0.487 e. The predicted molar refractivity (Wildman–Crippen MR) is 71.4 cm³/mol. The van der Waals surface area contributed by atoms with Crippen LogP contribution in [0.5, 0.6) is 5.75 Å². The third-order valence-corrected chi connectivity index (χ3v) is 3.98. The summed E-state index contributed by atoms with van der Waals surface area (Å²) in [5.41, 5.74) is 2.69. The average Bonchev–Trinajstić information content (AvgIpc) is 2.50. The second-order valence-electron chi connectivity index (χ2n) is 5.16. The van der Waals surface area contributed by atoms with Crippen LogP contribution in [0.4, 0.5) is 0 Å². The summed E-state index contributed by atoms with van der Waals surface area (Å²) in [4.78, 5) is 0.478. The molecule has 0 saturated carbocycles. The lowest BCUT2D eigenvalue weighted by molar-refractivity contribution is 0.138. The Bertz CT molecular complexity index is 384. The van der Waals surface area contributed by atoms with Crippen molar-refractivity contribution in [1.82, 2.24) is 0 Å². The Morgan fingerprint density at radius 1 is 1.44 bits per heavy atom. The van der Waals surface area contributed by atoms with Crippen LogP contribution in [0.2, 0.25) is 0 Å². The molecule has 1 unspecified atom stereocenters. The lowest BCUT2D eigenvalue weighted by atomic mass is 9.98. The molecule has 1 nitrogen and oxygen atoms in total. The normalized spacial score (nSPS) is 19.0. The van der Waals surface area contributed by atoms with Crippen LogP contribution in [0.1, 0.15) is 49.6 Å². The van der Waals surface area contributed by atoms with Crippen molar-refractivity contribution in [3.05, 3.63) is 29.3 Å². The van der Waals surface area contributed by atoms with Crippen LogP contribution >= 0.6 is 15.9 Å². The molecular formula is C14H19BrO. The first-order valence-corrected chi connectivity index (χ1v) is 6.89. The van der Waals surface area contributed by atoms with Crippen molar-refractivity contribution < 1.29 is 4.74 Å². The lowest BCUT2D eigenvalue weighted by Gasteiger charge is -2.16. The van der Waals surface area contributed by atoms with Crippen LogP contribution in [0.25, 0.3) is 0 Å². The van der Waals surface area contributed by atoms with E-state index in [9.17, 15) is 0 Å². The summed E-state index contributed by atoms with van der Waals surface area (Å²) in [6, 6.07) is 6.58. The second kappa shape index (κ2) is 4.40. The van der Waals surface area contributed by atoms with Crippen molar-refractivity contribution in [3.8, 4) is 5.75 Å². The molecule has 1 atom stereocenters. The Morgan fingerprint density at radius 2 is 2.19 bits per heavy atom. The molecule has 0 N–H and O–H groups in total. The molecule has 0 spiro atoms. The fraction of sp³-hybridized carbons (Fsp3) is 0.571. The van der Waals surface area contributed by atoms with Gasteiger partial charge in [-0.15, -0.1) is 0 Å². The van der Waals surface area contributed by atoms with Crippen molar-refractivity contribution in [2.75, 3.05) is 0 Å². The highest BCUT2D eigenvalue weighted by atomic mass is 79.9. The van der Waals surface area contributed by atoms with Crippen LogP contribution in [0.15, 0.2) is 18.2 Å². The SMILES string of the molecule is CCCC(Br)c1ccc2c(c1)CC(C)(C)O2. The van der Waals surface area contributed by atoms with Crippen LogP contribution in [0, 0.1) is 0 Å². The summed E-state index contributed by atoms with van der Waals surface area (Å²) in [7, 11) is 0. The number of rotatable bonds is 3. The van der Waals surface area contributed by atoms with Gasteiger partial charge in [0.15, 0.2) is 0 Å². The summed E-state index contributed by atoms with van der Waals surface area (Å²) < 4.78 is 5.87. The molecule has 0 aliphatic carbocycles. The summed E-state index contributed by atoms with van der Waals surface area (Å²) in [6.45, 7) is 6.50. The zero-order valence-corrected chi connectivity index (χ0v) is 11.8. The topological polar surface area (TPSA) is 9.23 Å². The average molecular weight is 283 g/mol. The number of halogens is 1. The van der Waals surface area contributed by atoms with Gasteiger partial charge in [-0.05, 0) is 37.5 Å². The van der Waals surface area contributed by atoms with Gasteiger partial charge in [-0.25, -0.2) is 0 Å². The molecule has 0 aromatic heterocycles. The van der Waals surface area contributed by atoms with Gasteiger partial charge < -0.3 is 4.74 Å². The number of hydrogen-bond donors (Lipinski definition) is 0. The van der Waals surface area contributed by atoms with Crippen molar-refractivity contribution in [2.24, 2.45) is 0 Å². The van der Waals surface area contributed by atoms with Crippen LogP contribution in [-0.4, -0.2) is 5.60 Å². The molecule has 1 aromatic rings. The molecule has 0 radical (unpaired) electrons. The molecule has 1 heterocycles. The first-order chi connectivity index (χ1) is 7.52. The van der Waals surface area contributed by atoms with Gasteiger partial charge in [0.25, 0.3) is 0 Å². The van der Waals surface area contributed by atoms with Crippen molar-refractivity contribution in [3.63, 3.8) is 0 Å². The van der Waals surface area contributed by atoms with E-state index in [0.29, 0.717) is 4.83 Å². The number of hydrogen-bond acceptors (Lipinski definition) is 1. The predicted octanol–water partition coefficient (Wildman–Crippen LogP) is 4.64. The smallest absolute Gasteiger partial charge is 0.123 e. The van der Waals surface area contributed by atoms with Gasteiger partial charge in [0.1, 0.15) is 11.4 Å². The third kappa shape index (κ3) is 2.42. The van der Waals surface area contributed by atoms with Gasteiger partial charge in [0, 0.05) is 11.2 Å². The molecule has 16 heavy (non-hydrogen) atoms. The van der Waals surface area contributed by atoms with E-state index in [1.54, 1.807) is 0 Å². The van der Waals surface area contributed by atoms with Gasteiger partial charge in [0.2, 0.25) is 0 Å². The number of fused-ring (bicyclic) bond motifs is 1. The van der Waals surface area contributed by atoms with Crippen molar-refractivity contribution in [1.29, 1.82) is 0 Å². The Hall–Kier alpha value is -0.500. The summed E-state index contributed by atoms with van der Waals surface area (Å²) in [6.07, 6.45) is 3.40. The highest BCUT2D eigenvalue weighted by Crippen LogP contribution is 2.38. The summed E-state index contributed by atoms with van der Waals surface area (Å²) in [5.74, 6) is 1.06. The molecule has 1 aromatic carbocycles. The van der Waals surface area contributed by atoms with Crippen LogP contribution < -0.4 is 4.74 Å². The fourth-order valence-electron chi connectivity index (χ4n) is 2.24. The molecule has 1 aliphatic heterocycles. The number of alkyl halides is 1. The van der Waals surface area contributed by atoms with Crippen molar-refractivity contribution >= 4 is 15.9 Å². The van der Waals surface area contributed by atoms with E-state index in [4.69, 9.17) is 4.74 Å². The van der Waals surface area contributed by atoms with Gasteiger partial charge in [-0.2, -0.15) is 0 Å². The van der Waals surface area contributed by atoms with Gasteiger partial charge in [0.05, 0.1) is 0 Å². The van der Waals surface area contributed by atoms with E-state index in [0.717, 1.165) is 12.2 Å². The maximum absolute atomic E-state index is 5.87. The van der Waals surface area contributed by atoms with E-state index in [-0.39, 0.29) is 5.60 Å². The summed E-state index contributed by atoms with van der Waals surface area (Å²) in [5, 5.41) is 0. The Kier molecular flexibility index (Phi) is 3.29. The molecule has 2 rings (SSSR count). The van der Waals surface area contributed by atoms with E-state index >= 15 is 0 Å². The molecular weight excluding hydrogens is 264 g/mol. The Morgan fingerprint density at radius 3 is 2.88 bits per heavy atom. The number of benzene rings is 1. The highest BCUT2D eigenvalue weighted by Gasteiger charge is 2.30. The zero-order chi connectivity index (χ0) is 11.8. The minimum atomic E-state index is -0.0342. The Balaban J connectivity index is 2.22. The van der Waals surface area contributed by atoms with Crippen LogP contribution in [0.3, 0.4) is 0 Å². The van der Waals surface area contributed by atoms with E-state index < -0.39 is 0 Å². The van der Waals surface area contributed by atoms with Crippen molar-refractivity contribution in [2.45, 2.75) is 50.5 Å². The monoisotopic (exact) mass is 282 g/mol. The van der Waals surface area contributed by atoms with E-state index in [1.165, 1.54) is 24.0 Å². The summed E-state index contributed by atoms with van der Waals surface area (Å²) >= 11 is 3.74. The maximum Gasteiger partial charge on any atom is 0.123 e. The number of ether oxygens (including phenoxy) is 1. The quantitative estimate of drug-likeness (QED) is 0.734. The molecule has 1 aliphatic rings. The van der Waals surface area contributed by atoms with E-state index in [2.05, 4.69) is 54.9 Å². The second-order valence-corrected chi connectivity index (χ2v) is 6.27. The van der Waals surface area contributed by atoms with Gasteiger partial charge in [-0.3, -0.25) is 0 Å². The Labute approximate surface area is 106 Å². The zero-order valence-electron chi connectivity index (χ0n) is 10.2. The van der Waals surface area contributed by atoms with E-state index in [1.807, 2.05) is 0 Å². The first-order valence-electron chi connectivity index (χ1n) is 5.98. The molecule has 0 bridgehead atoms. The lowest BCUT2D eigenvalue weighted by Crippen LogP contribution is -2.24. The van der Waals surface area contributed by atoms with Crippen LogP contribution in [-0.2, 0) is 6.42 Å².